The number of amides is 1. The minimum Gasteiger partial charge on any atom is -0.481 e. The van der Waals surface area contributed by atoms with Crippen molar-refractivity contribution in [3.05, 3.63) is 53.1 Å². The van der Waals surface area contributed by atoms with Crippen molar-refractivity contribution in [3.8, 4) is 5.75 Å². The summed E-state index contributed by atoms with van der Waals surface area (Å²) in [6.07, 6.45) is -0.632. The number of sulfonamides is 1. The summed E-state index contributed by atoms with van der Waals surface area (Å²) in [5.74, 6) is 0.403. The predicted octanol–water partition coefficient (Wildman–Crippen LogP) is 2.90. The van der Waals surface area contributed by atoms with Crippen LogP contribution in [0.2, 0.25) is 5.02 Å². The van der Waals surface area contributed by atoms with Crippen molar-refractivity contribution in [2.45, 2.75) is 24.5 Å². The predicted molar refractivity (Wildman–Crippen MR) is 106 cm³/mol. The minimum absolute atomic E-state index is 0.0664. The lowest BCUT2D eigenvalue weighted by Gasteiger charge is -2.21. The summed E-state index contributed by atoms with van der Waals surface area (Å²) in [5, 5.41) is 0.333. The second kappa shape index (κ2) is 8.38. The third-order valence-electron chi connectivity index (χ3n) is 4.31. The number of ether oxygens (including phenoxy) is 2. The molecule has 0 fully saturated rings. The van der Waals surface area contributed by atoms with Crippen LogP contribution >= 0.6 is 11.6 Å². The Bertz CT molecular complexity index is 980. The molecule has 0 aliphatic carbocycles. The fraction of sp³-hybridized carbons (Fsp3) is 0.316. The van der Waals surface area contributed by atoms with Crippen molar-refractivity contribution >= 4 is 33.2 Å². The van der Waals surface area contributed by atoms with Crippen LogP contribution in [0.25, 0.3) is 0 Å². The molecule has 9 heteroatoms. The Morgan fingerprint density at radius 1 is 1.29 bits per heavy atom. The second-order valence-corrected chi connectivity index (χ2v) is 8.52. The number of anilines is 1. The maximum absolute atomic E-state index is 12.6. The van der Waals surface area contributed by atoms with Gasteiger partial charge in [-0.1, -0.05) is 17.7 Å². The molecule has 2 aromatic rings. The molecule has 1 unspecified atom stereocenters. The van der Waals surface area contributed by atoms with E-state index in [4.69, 9.17) is 21.1 Å². The Hall–Kier alpha value is -2.29. The van der Waals surface area contributed by atoms with Gasteiger partial charge in [0.15, 0.2) is 6.10 Å². The lowest BCUT2D eigenvalue weighted by molar-refractivity contribution is -0.138. The van der Waals surface area contributed by atoms with Crippen LogP contribution < -0.4 is 9.46 Å². The Labute approximate surface area is 169 Å². The highest BCUT2D eigenvalue weighted by atomic mass is 35.5. The fourth-order valence-corrected chi connectivity index (χ4v) is 4.25. The van der Waals surface area contributed by atoms with E-state index in [2.05, 4.69) is 4.72 Å². The van der Waals surface area contributed by atoms with Gasteiger partial charge in [0.25, 0.3) is 15.9 Å². The summed E-state index contributed by atoms with van der Waals surface area (Å²) in [7, 11) is -2.23. The lowest BCUT2D eigenvalue weighted by atomic mass is 10.1. The van der Waals surface area contributed by atoms with Gasteiger partial charge in [-0.2, -0.15) is 0 Å². The van der Waals surface area contributed by atoms with Gasteiger partial charge in [-0.3, -0.25) is 9.52 Å². The number of fused-ring (bicyclic) bond motifs is 1. The molecule has 1 aliphatic rings. The first-order chi connectivity index (χ1) is 13.3. The molecule has 0 radical (unpaired) electrons. The first-order valence-electron chi connectivity index (χ1n) is 8.66. The summed E-state index contributed by atoms with van der Waals surface area (Å²) in [6.45, 7) is 2.80. The van der Waals surface area contributed by atoms with E-state index in [0.29, 0.717) is 41.7 Å². The first-order valence-corrected chi connectivity index (χ1v) is 10.5. The number of methoxy groups -OCH3 is 1. The number of hydrogen-bond acceptors (Lipinski definition) is 5. The van der Waals surface area contributed by atoms with Gasteiger partial charge < -0.3 is 14.4 Å². The Morgan fingerprint density at radius 3 is 2.79 bits per heavy atom. The average Bonchev–Trinajstić information content (AvgIpc) is 2.76. The molecule has 1 N–H and O–H groups in total. The quantitative estimate of drug-likeness (QED) is 0.770. The molecule has 0 aromatic heterocycles. The number of benzene rings is 2. The van der Waals surface area contributed by atoms with Gasteiger partial charge in [-0.15, -0.1) is 0 Å². The third-order valence-corrected chi connectivity index (χ3v) is 5.92. The summed E-state index contributed by atoms with van der Waals surface area (Å²) in [4.78, 5) is 14.2. The highest BCUT2D eigenvalue weighted by molar-refractivity contribution is 7.92. The van der Waals surface area contributed by atoms with Crippen LogP contribution in [0.3, 0.4) is 0 Å². The largest absolute Gasteiger partial charge is 0.481 e. The zero-order valence-corrected chi connectivity index (χ0v) is 17.1. The van der Waals surface area contributed by atoms with E-state index in [0.717, 1.165) is 0 Å². The minimum atomic E-state index is -3.80. The summed E-state index contributed by atoms with van der Waals surface area (Å²) < 4.78 is 38.6. The van der Waals surface area contributed by atoms with E-state index in [1.807, 2.05) is 0 Å². The third kappa shape index (κ3) is 4.57. The number of carbonyl (C=O) groups excluding carboxylic acids is 1. The van der Waals surface area contributed by atoms with Crippen molar-refractivity contribution in [1.29, 1.82) is 0 Å². The molecule has 3 rings (SSSR count). The normalized spacial score (nSPS) is 16.9. The lowest BCUT2D eigenvalue weighted by Crippen LogP contribution is -2.39. The molecular weight excluding hydrogens is 404 g/mol. The van der Waals surface area contributed by atoms with E-state index in [1.54, 1.807) is 49.3 Å². The summed E-state index contributed by atoms with van der Waals surface area (Å²) in [5.41, 5.74) is 1.08. The van der Waals surface area contributed by atoms with E-state index >= 15 is 0 Å². The number of nitrogens with one attached hydrogen (secondary N) is 1. The van der Waals surface area contributed by atoms with Crippen LogP contribution in [0.5, 0.6) is 5.75 Å². The van der Waals surface area contributed by atoms with Crippen LogP contribution in [0.4, 0.5) is 5.69 Å². The van der Waals surface area contributed by atoms with Crippen molar-refractivity contribution in [2.24, 2.45) is 0 Å². The molecule has 150 valence electrons. The van der Waals surface area contributed by atoms with Crippen molar-refractivity contribution < 1.29 is 22.7 Å². The number of nitrogens with zero attached hydrogens (tertiary/aromatic N) is 1. The van der Waals surface area contributed by atoms with E-state index < -0.39 is 16.1 Å². The fourth-order valence-electron chi connectivity index (χ4n) is 2.90. The monoisotopic (exact) mass is 424 g/mol. The van der Waals surface area contributed by atoms with Crippen molar-refractivity contribution in [2.75, 3.05) is 25.0 Å². The van der Waals surface area contributed by atoms with E-state index in [1.165, 1.54) is 12.1 Å². The summed E-state index contributed by atoms with van der Waals surface area (Å²) in [6, 6.07) is 11.0. The molecule has 0 saturated heterocycles. The number of halogens is 1. The number of carbonyl (C=O) groups is 1. The van der Waals surface area contributed by atoms with Crippen molar-refractivity contribution in [1.82, 2.24) is 4.90 Å². The number of hydrogen-bond donors (Lipinski definition) is 1. The van der Waals surface area contributed by atoms with Crippen LogP contribution in [0.1, 0.15) is 12.5 Å². The molecule has 1 aliphatic heterocycles. The van der Waals surface area contributed by atoms with Crippen LogP contribution in [0.15, 0.2) is 47.4 Å². The Morgan fingerprint density at radius 2 is 2.07 bits per heavy atom. The molecule has 1 amide bonds. The zero-order chi connectivity index (χ0) is 20.3. The smallest absolute Gasteiger partial charge is 0.263 e. The maximum atomic E-state index is 12.6. The standard InChI is InChI=1S/C19H21ClN2O5S/c1-13-19(23)22(8-9-26-2)12-14-10-16(6-7-18(14)27-13)21-28(24,25)17-5-3-4-15(20)11-17/h3-7,10-11,13,21H,8-9,12H2,1-2H3. The molecule has 1 heterocycles. The van der Waals surface area contributed by atoms with E-state index in [9.17, 15) is 13.2 Å². The summed E-state index contributed by atoms with van der Waals surface area (Å²) >= 11 is 5.90. The molecule has 2 aromatic carbocycles. The van der Waals surface area contributed by atoms with Gasteiger partial charge in [-0.25, -0.2) is 8.42 Å². The van der Waals surface area contributed by atoms with Gasteiger partial charge >= 0.3 is 0 Å². The highest BCUT2D eigenvalue weighted by Crippen LogP contribution is 2.29. The van der Waals surface area contributed by atoms with Gasteiger partial charge in [0.1, 0.15) is 5.75 Å². The SMILES string of the molecule is COCCN1Cc2cc(NS(=O)(=O)c3cccc(Cl)c3)ccc2OC(C)C1=O. The first kappa shape index (κ1) is 20.4. The van der Waals surface area contributed by atoms with Crippen LogP contribution in [0, 0.1) is 0 Å². The van der Waals surface area contributed by atoms with E-state index in [-0.39, 0.29) is 10.8 Å². The molecule has 0 spiro atoms. The highest BCUT2D eigenvalue weighted by Gasteiger charge is 2.28. The Balaban J connectivity index is 1.87. The number of rotatable bonds is 6. The second-order valence-electron chi connectivity index (χ2n) is 6.40. The van der Waals surface area contributed by atoms with Gasteiger partial charge in [0.05, 0.1) is 11.5 Å². The van der Waals surface area contributed by atoms with Crippen LogP contribution in [-0.4, -0.2) is 45.6 Å². The maximum Gasteiger partial charge on any atom is 0.263 e. The molecule has 7 nitrogen and oxygen atoms in total. The van der Waals surface area contributed by atoms with Crippen molar-refractivity contribution in [3.63, 3.8) is 0 Å². The molecule has 1 atom stereocenters. The van der Waals surface area contributed by atoms with Gasteiger partial charge in [0, 0.05) is 36.5 Å². The molecule has 0 saturated carbocycles. The van der Waals surface area contributed by atoms with Gasteiger partial charge in [-0.05, 0) is 43.3 Å². The molecule has 0 bridgehead atoms. The zero-order valence-electron chi connectivity index (χ0n) is 15.5. The van der Waals surface area contributed by atoms with Crippen LogP contribution in [-0.2, 0) is 26.1 Å². The molecule has 28 heavy (non-hydrogen) atoms. The van der Waals surface area contributed by atoms with Gasteiger partial charge in [0.2, 0.25) is 0 Å². The molecular formula is C19H21ClN2O5S. The Kier molecular flexibility index (Phi) is 6.12. The average molecular weight is 425 g/mol. The topological polar surface area (TPSA) is 84.9 Å².